The Kier molecular flexibility index (Phi) is 47.2. The van der Waals surface area contributed by atoms with Gasteiger partial charge in [-0.05, 0) is 51.4 Å². The van der Waals surface area contributed by atoms with Crippen molar-refractivity contribution in [2.45, 2.75) is 291 Å². The van der Waals surface area contributed by atoms with Crippen molar-refractivity contribution in [3.63, 3.8) is 0 Å². The molecule has 0 aromatic carbocycles. The standard InChI is InChI=1S/C56H106O8/c1-6-10-14-18-24-32-40-51(41-33-25-19-15-11-7-2)55(59)61-46-38-30-22-28-36-44-53(57)63-48-50(5)49-64-54(58)45-37-29-23-31-39-47-62-56(60)52(42-34-26-20-16-12-8-3)43-35-27-21-17-13-9-4/h50-52H,6-49H2,1-5H3. The number of rotatable bonds is 50. The Hall–Kier alpha value is -2.12. The maximum Gasteiger partial charge on any atom is 0.308 e. The molecule has 0 saturated heterocycles. The van der Waals surface area contributed by atoms with Gasteiger partial charge in [0, 0.05) is 18.8 Å². The van der Waals surface area contributed by atoms with Gasteiger partial charge in [0.25, 0.3) is 0 Å². The number of ether oxygens (including phenoxy) is 4. The Morgan fingerprint density at radius 1 is 0.312 bits per heavy atom. The first kappa shape index (κ1) is 61.9. The van der Waals surface area contributed by atoms with Crippen molar-refractivity contribution in [3.8, 4) is 0 Å². The van der Waals surface area contributed by atoms with Gasteiger partial charge in [0.05, 0.1) is 38.3 Å². The van der Waals surface area contributed by atoms with Gasteiger partial charge in [0.1, 0.15) is 0 Å². The summed E-state index contributed by atoms with van der Waals surface area (Å²) in [4.78, 5) is 50.5. The third-order valence-electron chi connectivity index (χ3n) is 12.9. The Labute approximate surface area is 396 Å². The zero-order valence-electron chi connectivity index (χ0n) is 43.1. The quantitative estimate of drug-likeness (QED) is 0.0338. The molecule has 0 spiro atoms. The number of esters is 4. The van der Waals surface area contributed by atoms with E-state index in [0.717, 1.165) is 116 Å². The van der Waals surface area contributed by atoms with Gasteiger partial charge in [-0.15, -0.1) is 0 Å². The van der Waals surface area contributed by atoms with Gasteiger partial charge >= 0.3 is 23.9 Å². The zero-order chi connectivity index (χ0) is 47.0. The lowest BCUT2D eigenvalue weighted by atomic mass is 9.94. The molecule has 0 aliphatic carbocycles. The fourth-order valence-electron chi connectivity index (χ4n) is 8.49. The molecule has 0 amide bonds. The van der Waals surface area contributed by atoms with E-state index in [1.54, 1.807) is 0 Å². The highest BCUT2D eigenvalue weighted by molar-refractivity contribution is 5.72. The highest BCUT2D eigenvalue weighted by Gasteiger charge is 2.21. The summed E-state index contributed by atoms with van der Waals surface area (Å²) in [5.74, 6) is -0.345. The topological polar surface area (TPSA) is 105 Å². The maximum atomic E-state index is 13.0. The second kappa shape index (κ2) is 48.8. The minimum absolute atomic E-state index is 0.00748. The molecule has 0 rings (SSSR count). The van der Waals surface area contributed by atoms with Crippen LogP contribution < -0.4 is 0 Å². The van der Waals surface area contributed by atoms with E-state index >= 15 is 0 Å². The van der Waals surface area contributed by atoms with E-state index in [-0.39, 0.29) is 54.8 Å². The van der Waals surface area contributed by atoms with Crippen molar-refractivity contribution in [1.82, 2.24) is 0 Å². The van der Waals surface area contributed by atoms with Crippen LogP contribution in [0.4, 0.5) is 0 Å². The number of hydrogen-bond donors (Lipinski definition) is 0. The molecule has 0 unspecified atom stereocenters. The molecule has 378 valence electrons. The lowest BCUT2D eigenvalue weighted by molar-refractivity contribution is -0.150. The first-order chi connectivity index (χ1) is 31.3. The molecule has 0 radical (unpaired) electrons. The third-order valence-corrected chi connectivity index (χ3v) is 12.9. The third kappa shape index (κ3) is 42.5. The predicted molar refractivity (Wildman–Crippen MR) is 267 cm³/mol. The molecule has 0 atom stereocenters. The van der Waals surface area contributed by atoms with Gasteiger partial charge in [0.15, 0.2) is 0 Å². The van der Waals surface area contributed by atoms with Crippen LogP contribution in [0.3, 0.4) is 0 Å². The number of carbonyl (C=O) groups is 4. The van der Waals surface area contributed by atoms with Crippen LogP contribution >= 0.6 is 0 Å². The molecule has 0 aliphatic heterocycles. The Morgan fingerprint density at radius 2 is 0.562 bits per heavy atom. The van der Waals surface area contributed by atoms with Crippen LogP contribution in [0.1, 0.15) is 291 Å². The average Bonchev–Trinajstić information content (AvgIpc) is 3.29. The minimum Gasteiger partial charge on any atom is -0.465 e. The zero-order valence-corrected chi connectivity index (χ0v) is 43.1. The largest absolute Gasteiger partial charge is 0.465 e. The molecule has 0 bridgehead atoms. The van der Waals surface area contributed by atoms with E-state index in [0.29, 0.717) is 26.1 Å². The molecular formula is C56H106O8. The molecule has 0 aromatic rings. The van der Waals surface area contributed by atoms with E-state index < -0.39 is 0 Å². The van der Waals surface area contributed by atoms with Gasteiger partial charge in [-0.1, -0.05) is 227 Å². The minimum atomic E-state index is -0.204. The summed E-state index contributed by atoms with van der Waals surface area (Å²) in [6.07, 6.45) is 43.7. The fraction of sp³-hybridized carbons (Fsp3) is 0.929. The summed E-state index contributed by atoms with van der Waals surface area (Å²) >= 11 is 0. The van der Waals surface area contributed by atoms with Gasteiger partial charge in [-0.25, -0.2) is 0 Å². The van der Waals surface area contributed by atoms with Gasteiger partial charge in [-0.3, -0.25) is 19.2 Å². The van der Waals surface area contributed by atoms with Crippen molar-refractivity contribution in [3.05, 3.63) is 0 Å². The number of unbranched alkanes of at least 4 members (excludes halogenated alkanes) is 28. The fourth-order valence-corrected chi connectivity index (χ4v) is 8.49. The summed E-state index contributed by atoms with van der Waals surface area (Å²) < 4.78 is 22.4. The van der Waals surface area contributed by atoms with Gasteiger partial charge in [0.2, 0.25) is 0 Å². The first-order valence-electron chi connectivity index (χ1n) is 27.9. The molecule has 0 fully saturated rings. The van der Waals surface area contributed by atoms with Crippen LogP contribution in [0.25, 0.3) is 0 Å². The van der Waals surface area contributed by atoms with Crippen LogP contribution in [0, 0.1) is 17.8 Å². The van der Waals surface area contributed by atoms with Crippen LogP contribution in [0.5, 0.6) is 0 Å². The Bertz CT molecular complexity index is 934. The van der Waals surface area contributed by atoms with Crippen molar-refractivity contribution >= 4 is 23.9 Å². The van der Waals surface area contributed by atoms with Crippen LogP contribution in [-0.4, -0.2) is 50.3 Å². The molecule has 0 saturated carbocycles. The van der Waals surface area contributed by atoms with Crippen molar-refractivity contribution in [2.75, 3.05) is 26.4 Å². The van der Waals surface area contributed by atoms with Gasteiger partial charge < -0.3 is 18.9 Å². The summed E-state index contributed by atoms with van der Waals surface area (Å²) in [7, 11) is 0. The average molecular weight is 907 g/mol. The molecule has 0 aromatic heterocycles. The normalized spacial score (nSPS) is 11.5. The second-order valence-electron chi connectivity index (χ2n) is 19.5. The Morgan fingerprint density at radius 3 is 0.859 bits per heavy atom. The highest BCUT2D eigenvalue weighted by Crippen LogP contribution is 2.23. The number of hydrogen-bond acceptors (Lipinski definition) is 8. The summed E-state index contributed by atoms with van der Waals surface area (Å²) in [5.41, 5.74) is 0. The molecule has 0 aliphatic rings. The SMILES string of the molecule is CCCCCCCCC(CCCCCCCC)C(=O)OCCCCCCCC(=O)OCC(C)COC(=O)CCCCCCCOC(=O)C(CCCCCCCC)CCCCCCCC. The molecule has 0 heterocycles. The van der Waals surface area contributed by atoms with E-state index in [4.69, 9.17) is 18.9 Å². The van der Waals surface area contributed by atoms with E-state index in [1.807, 2.05) is 6.92 Å². The molecule has 0 N–H and O–H groups in total. The lowest BCUT2D eigenvalue weighted by Gasteiger charge is -2.16. The van der Waals surface area contributed by atoms with E-state index in [9.17, 15) is 19.2 Å². The smallest absolute Gasteiger partial charge is 0.308 e. The Balaban J connectivity index is 4.03. The van der Waals surface area contributed by atoms with Crippen LogP contribution in [-0.2, 0) is 38.1 Å². The molecular weight excluding hydrogens is 801 g/mol. The monoisotopic (exact) mass is 907 g/mol. The molecule has 64 heavy (non-hydrogen) atoms. The van der Waals surface area contributed by atoms with Gasteiger partial charge in [-0.2, -0.15) is 0 Å². The highest BCUT2D eigenvalue weighted by atomic mass is 16.5. The van der Waals surface area contributed by atoms with Crippen LogP contribution in [0.15, 0.2) is 0 Å². The van der Waals surface area contributed by atoms with Crippen molar-refractivity contribution in [2.24, 2.45) is 17.8 Å². The van der Waals surface area contributed by atoms with E-state index in [2.05, 4.69) is 27.7 Å². The number of carbonyl (C=O) groups excluding carboxylic acids is 4. The maximum absolute atomic E-state index is 13.0. The van der Waals surface area contributed by atoms with Crippen molar-refractivity contribution < 1.29 is 38.1 Å². The second-order valence-corrected chi connectivity index (χ2v) is 19.5. The predicted octanol–water partition coefficient (Wildman–Crippen LogP) is 16.7. The van der Waals surface area contributed by atoms with E-state index in [1.165, 1.54) is 128 Å². The lowest BCUT2D eigenvalue weighted by Crippen LogP contribution is -2.19. The molecule has 8 nitrogen and oxygen atoms in total. The first-order valence-corrected chi connectivity index (χ1v) is 27.9. The summed E-state index contributed by atoms with van der Waals surface area (Å²) in [6, 6.07) is 0. The summed E-state index contributed by atoms with van der Waals surface area (Å²) in [6.45, 7) is 12.4. The van der Waals surface area contributed by atoms with Crippen molar-refractivity contribution in [1.29, 1.82) is 0 Å². The van der Waals surface area contributed by atoms with Crippen LogP contribution in [0.2, 0.25) is 0 Å². The molecule has 8 heteroatoms. The summed E-state index contributed by atoms with van der Waals surface area (Å²) in [5, 5.41) is 0.